The Labute approximate surface area is 180 Å². The van der Waals surface area contributed by atoms with Crippen LogP contribution in [0.2, 0.25) is 0 Å². The number of hydrogen-bond donors (Lipinski definition) is 1. The quantitative estimate of drug-likeness (QED) is 0.404. The van der Waals surface area contributed by atoms with E-state index in [9.17, 15) is 4.79 Å². The highest BCUT2D eigenvalue weighted by atomic mass is 16.6. The molecule has 1 aliphatic rings. The Hall–Kier alpha value is -3.61. The summed E-state index contributed by atoms with van der Waals surface area (Å²) < 4.78 is 8.41. The molecule has 0 saturated heterocycles. The molecule has 1 N–H and O–H groups in total. The summed E-state index contributed by atoms with van der Waals surface area (Å²) in [5.41, 5.74) is 2.70. The lowest BCUT2D eigenvalue weighted by atomic mass is 9.90. The topological polar surface area (TPSA) is 85.9 Å². The van der Waals surface area contributed by atoms with Crippen LogP contribution in [0, 0.1) is 0 Å². The molecule has 2 heterocycles. The summed E-state index contributed by atoms with van der Waals surface area (Å²) in [7, 11) is 0. The molecule has 7 nitrogen and oxygen atoms in total. The number of imidazole rings is 1. The van der Waals surface area contributed by atoms with Crippen LogP contribution in [0.3, 0.4) is 0 Å². The first-order valence-corrected chi connectivity index (χ1v) is 10.4. The van der Waals surface area contributed by atoms with Gasteiger partial charge in [0.2, 0.25) is 0 Å². The third-order valence-corrected chi connectivity index (χ3v) is 5.25. The van der Waals surface area contributed by atoms with Crippen molar-refractivity contribution in [2.75, 3.05) is 6.61 Å². The van der Waals surface area contributed by atoms with Crippen molar-refractivity contribution in [1.29, 1.82) is 0 Å². The molecule has 0 spiro atoms. The molecule has 2 aromatic carbocycles. The lowest BCUT2D eigenvalue weighted by Crippen LogP contribution is -2.34. The zero-order valence-electron chi connectivity index (χ0n) is 17.1. The highest BCUT2D eigenvalue weighted by Crippen LogP contribution is 2.41. The van der Waals surface area contributed by atoms with Crippen molar-refractivity contribution in [2.45, 2.75) is 37.8 Å². The Morgan fingerprint density at radius 1 is 1.10 bits per heavy atom. The van der Waals surface area contributed by atoms with Gasteiger partial charge in [0.1, 0.15) is 24.1 Å². The fourth-order valence-corrected chi connectivity index (χ4v) is 3.75. The number of aliphatic carboxylic acids is 1. The number of carboxylic acids is 1. The number of carbonyl (C=O) groups is 1. The number of benzene rings is 2. The minimum atomic E-state index is -0.768. The van der Waals surface area contributed by atoms with E-state index in [1.54, 1.807) is 12.5 Å². The Kier molecular flexibility index (Phi) is 6.62. The van der Waals surface area contributed by atoms with Gasteiger partial charge in [-0.3, -0.25) is 4.79 Å². The summed E-state index contributed by atoms with van der Waals surface area (Å²) in [5, 5.41) is 13.3. The van der Waals surface area contributed by atoms with Crippen LogP contribution in [0.1, 0.15) is 49.0 Å². The maximum atomic E-state index is 10.6. The minimum absolute atomic E-state index is 0.181. The van der Waals surface area contributed by atoms with Gasteiger partial charge in [-0.05, 0) is 37.0 Å². The SMILES string of the molecule is O=C(O)CCCCCO/N=C1\c2ccccc2OC(c2ccccc2)C1n1ccnc1. The summed E-state index contributed by atoms with van der Waals surface area (Å²) in [6.07, 6.45) is 7.47. The number of unbranched alkanes of at least 4 members (excludes halogenated alkanes) is 2. The van der Waals surface area contributed by atoms with Gasteiger partial charge in [0.25, 0.3) is 0 Å². The summed E-state index contributed by atoms with van der Waals surface area (Å²) in [6.45, 7) is 0.429. The van der Waals surface area contributed by atoms with Gasteiger partial charge >= 0.3 is 5.97 Å². The van der Waals surface area contributed by atoms with Gasteiger partial charge in [-0.1, -0.05) is 47.6 Å². The summed E-state index contributed by atoms with van der Waals surface area (Å²) in [6, 6.07) is 17.6. The lowest BCUT2D eigenvalue weighted by Gasteiger charge is -2.35. The molecule has 2 unspecified atom stereocenters. The highest BCUT2D eigenvalue weighted by molar-refractivity contribution is 6.06. The molecule has 1 aliphatic heterocycles. The van der Waals surface area contributed by atoms with Crippen molar-refractivity contribution in [3.63, 3.8) is 0 Å². The highest BCUT2D eigenvalue weighted by Gasteiger charge is 2.38. The van der Waals surface area contributed by atoms with E-state index in [1.165, 1.54) is 0 Å². The number of fused-ring (bicyclic) bond motifs is 1. The van der Waals surface area contributed by atoms with E-state index in [-0.39, 0.29) is 18.6 Å². The summed E-state index contributed by atoms with van der Waals surface area (Å²) in [4.78, 5) is 20.6. The molecule has 1 aromatic heterocycles. The predicted octanol–water partition coefficient (Wildman–Crippen LogP) is 4.62. The molecule has 0 bridgehead atoms. The van der Waals surface area contributed by atoms with E-state index in [2.05, 4.69) is 10.1 Å². The fraction of sp³-hybridized carbons (Fsp3) is 0.292. The predicted molar refractivity (Wildman–Crippen MR) is 116 cm³/mol. The summed E-state index contributed by atoms with van der Waals surface area (Å²) in [5.74, 6) is -0.00775. The Balaban J connectivity index is 1.61. The van der Waals surface area contributed by atoms with E-state index in [0.717, 1.165) is 35.4 Å². The molecule has 2 atom stereocenters. The van der Waals surface area contributed by atoms with Gasteiger partial charge < -0.3 is 19.2 Å². The van der Waals surface area contributed by atoms with Gasteiger partial charge in [0, 0.05) is 24.4 Å². The van der Waals surface area contributed by atoms with E-state index in [4.69, 9.17) is 14.7 Å². The number of ether oxygens (including phenoxy) is 1. The normalized spacial score (nSPS) is 18.9. The second kappa shape index (κ2) is 9.93. The van der Waals surface area contributed by atoms with Crippen LogP contribution < -0.4 is 4.74 Å². The van der Waals surface area contributed by atoms with Gasteiger partial charge in [-0.2, -0.15) is 0 Å². The monoisotopic (exact) mass is 419 g/mol. The number of nitrogens with zero attached hydrogens (tertiary/aromatic N) is 3. The second-order valence-electron chi connectivity index (χ2n) is 7.41. The van der Waals surface area contributed by atoms with Crippen molar-refractivity contribution >= 4 is 11.7 Å². The van der Waals surface area contributed by atoms with Crippen molar-refractivity contribution in [3.05, 3.63) is 84.4 Å². The number of rotatable bonds is 9. The molecule has 3 aromatic rings. The van der Waals surface area contributed by atoms with Gasteiger partial charge in [0.15, 0.2) is 6.10 Å². The fourth-order valence-electron chi connectivity index (χ4n) is 3.75. The maximum absolute atomic E-state index is 10.6. The van der Waals surface area contributed by atoms with Gasteiger partial charge in [-0.15, -0.1) is 0 Å². The number of oxime groups is 1. The molecular formula is C24H25N3O4. The standard InChI is InChI=1S/C24H25N3O4/c28-21(29)13-5-2-8-16-30-26-22-19-11-6-7-12-20(19)31-24(18-9-3-1-4-10-18)23(22)27-15-14-25-17-27/h1,3-4,6-7,9-12,14-15,17,23-24H,2,5,8,13,16H2,(H,28,29)/b26-22+. The average molecular weight is 419 g/mol. The second-order valence-corrected chi connectivity index (χ2v) is 7.41. The first-order chi connectivity index (χ1) is 15.2. The van der Waals surface area contributed by atoms with Crippen molar-refractivity contribution < 1.29 is 19.5 Å². The van der Waals surface area contributed by atoms with Crippen LogP contribution in [0.25, 0.3) is 0 Å². The molecular weight excluding hydrogens is 394 g/mol. The van der Waals surface area contributed by atoms with Crippen molar-refractivity contribution in [3.8, 4) is 5.75 Å². The number of hydrogen-bond acceptors (Lipinski definition) is 5. The molecule has 31 heavy (non-hydrogen) atoms. The third-order valence-electron chi connectivity index (χ3n) is 5.25. The Morgan fingerprint density at radius 3 is 2.68 bits per heavy atom. The minimum Gasteiger partial charge on any atom is -0.482 e. The number of carboxylic acid groups (broad SMARTS) is 1. The maximum Gasteiger partial charge on any atom is 0.303 e. The van der Waals surface area contributed by atoms with E-state index >= 15 is 0 Å². The molecule has 4 rings (SSSR count). The van der Waals surface area contributed by atoms with E-state index < -0.39 is 5.97 Å². The van der Waals surface area contributed by atoms with Crippen LogP contribution in [0.5, 0.6) is 5.75 Å². The molecule has 0 aliphatic carbocycles. The third kappa shape index (κ3) is 4.94. The van der Waals surface area contributed by atoms with E-state index in [0.29, 0.717) is 13.0 Å². The van der Waals surface area contributed by atoms with Crippen LogP contribution in [-0.4, -0.2) is 32.9 Å². The number of aromatic nitrogens is 2. The molecule has 0 saturated carbocycles. The molecule has 0 radical (unpaired) electrons. The van der Waals surface area contributed by atoms with Crippen LogP contribution in [0.15, 0.2) is 78.5 Å². The van der Waals surface area contributed by atoms with Crippen LogP contribution in [0.4, 0.5) is 0 Å². The zero-order chi connectivity index (χ0) is 21.5. The zero-order valence-corrected chi connectivity index (χ0v) is 17.1. The Bertz CT molecular complexity index is 1020. The average Bonchev–Trinajstić information content (AvgIpc) is 3.32. The largest absolute Gasteiger partial charge is 0.482 e. The molecule has 160 valence electrons. The van der Waals surface area contributed by atoms with Crippen LogP contribution in [-0.2, 0) is 9.63 Å². The van der Waals surface area contributed by atoms with Crippen molar-refractivity contribution in [1.82, 2.24) is 9.55 Å². The van der Waals surface area contributed by atoms with Gasteiger partial charge in [-0.25, -0.2) is 4.98 Å². The smallest absolute Gasteiger partial charge is 0.303 e. The Morgan fingerprint density at radius 2 is 1.90 bits per heavy atom. The molecule has 0 amide bonds. The van der Waals surface area contributed by atoms with Gasteiger partial charge in [0.05, 0.1) is 6.33 Å². The van der Waals surface area contributed by atoms with Crippen LogP contribution >= 0.6 is 0 Å². The first kappa shape index (κ1) is 20.7. The first-order valence-electron chi connectivity index (χ1n) is 10.4. The van der Waals surface area contributed by atoms with Crippen molar-refractivity contribution in [2.24, 2.45) is 5.16 Å². The molecule has 0 fully saturated rings. The number of para-hydroxylation sites is 1. The summed E-state index contributed by atoms with van der Waals surface area (Å²) >= 11 is 0. The lowest BCUT2D eigenvalue weighted by molar-refractivity contribution is -0.137. The van der Waals surface area contributed by atoms with E-state index in [1.807, 2.05) is 65.4 Å². The molecule has 7 heteroatoms.